The average Bonchev–Trinajstić information content (AvgIpc) is 2.35. The first-order valence-corrected chi connectivity index (χ1v) is 5.53. The molecule has 4 heteroatoms. The summed E-state index contributed by atoms with van der Waals surface area (Å²) >= 11 is 6.10. The number of para-hydroxylation sites is 2. The van der Waals surface area contributed by atoms with E-state index in [-0.39, 0.29) is 0 Å². The number of nitrogens with one attached hydrogen (secondary N) is 1. The van der Waals surface area contributed by atoms with E-state index in [9.17, 15) is 0 Å². The Hall–Kier alpha value is -1.87. The molecular weight excluding hydrogens is 236 g/mol. The number of ether oxygens (including phenoxy) is 1. The summed E-state index contributed by atoms with van der Waals surface area (Å²) in [5.41, 5.74) is 8.11. The van der Waals surface area contributed by atoms with Gasteiger partial charge in [0.15, 0.2) is 0 Å². The molecule has 2 rings (SSSR count). The van der Waals surface area contributed by atoms with Crippen LogP contribution in [0, 0.1) is 0 Å². The van der Waals surface area contributed by atoms with Crippen LogP contribution >= 0.6 is 11.6 Å². The molecule has 0 aromatic heterocycles. The van der Waals surface area contributed by atoms with Gasteiger partial charge in [-0.3, -0.25) is 0 Å². The lowest BCUT2D eigenvalue weighted by Crippen LogP contribution is -1.96. The predicted molar refractivity (Wildman–Crippen MR) is 72.1 cm³/mol. The van der Waals surface area contributed by atoms with Gasteiger partial charge in [0.25, 0.3) is 0 Å². The van der Waals surface area contributed by atoms with E-state index in [1.54, 1.807) is 13.2 Å². The Morgan fingerprint density at radius 1 is 1.12 bits per heavy atom. The molecule has 0 radical (unpaired) electrons. The minimum absolute atomic E-state index is 0.619. The molecular formula is C13H13ClN2O. The van der Waals surface area contributed by atoms with Gasteiger partial charge in [0.1, 0.15) is 5.75 Å². The van der Waals surface area contributed by atoms with Crippen LogP contribution in [-0.2, 0) is 0 Å². The smallest absolute Gasteiger partial charge is 0.121 e. The highest BCUT2D eigenvalue weighted by atomic mass is 35.5. The first-order chi connectivity index (χ1) is 8.20. The first-order valence-electron chi connectivity index (χ1n) is 5.16. The number of rotatable bonds is 3. The monoisotopic (exact) mass is 248 g/mol. The number of nitrogen functional groups attached to an aromatic ring is 1. The van der Waals surface area contributed by atoms with Gasteiger partial charge in [0.05, 0.1) is 29.2 Å². The Labute approximate surface area is 105 Å². The normalized spacial score (nSPS) is 10.0. The molecule has 0 atom stereocenters. The van der Waals surface area contributed by atoms with Crippen LogP contribution in [0.15, 0.2) is 42.5 Å². The Morgan fingerprint density at radius 3 is 2.59 bits per heavy atom. The average molecular weight is 249 g/mol. The van der Waals surface area contributed by atoms with Gasteiger partial charge in [-0.05, 0) is 24.3 Å². The van der Waals surface area contributed by atoms with Crippen molar-refractivity contribution in [3.05, 3.63) is 47.5 Å². The van der Waals surface area contributed by atoms with Crippen molar-refractivity contribution in [2.24, 2.45) is 0 Å². The Morgan fingerprint density at radius 2 is 1.88 bits per heavy atom. The molecule has 0 saturated carbocycles. The standard InChI is InChI=1S/C13H13ClN2O/c1-17-9-6-7-10(14)13(8-9)16-12-5-3-2-4-11(12)15/h2-8,16H,15H2,1H3. The van der Waals surface area contributed by atoms with E-state index in [2.05, 4.69) is 5.32 Å². The van der Waals surface area contributed by atoms with Gasteiger partial charge in [-0.1, -0.05) is 23.7 Å². The largest absolute Gasteiger partial charge is 0.497 e. The third kappa shape index (κ3) is 2.63. The molecule has 2 aromatic rings. The van der Waals surface area contributed by atoms with E-state index in [0.29, 0.717) is 10.7 Å². The van der Waals surface area contributed by atoms with Gasteiger partial charge in [0.2, 0.25) is 0 Å². The maximum atomic E-state index is 6.10. The zero-order valence-corrected chi connectivity index (χ0v) is 10.2. The molecule has 0 unspecified atom stereocenters. The van der Waals surface area contributed by atoms with Gasteiger partial charge < -0.3 is 15.8 Å². The SMILES string of the molecule is COc1ccc(Cl)c(Nc2ccccc2N)c1. The second-order valence-electron chi connectivity index (χ2n) is 3.56. The Kier molecular flexibility index (Phi) is 3.40. The topological polar surface area (TPSA) is 47.3 Å². The molecule has 0 heterocycles. The van der Waals surface area contributed by atoms with Crippen molar-refractivity contribution in [3.63, 3.8) is 0 Å². The van der Waals surface area contributed by atoms with Gasteiger partial charge in [0, 0.05) is 6.07 Å². The van der Waals surface area contributed by atoms with Crippen molar-refractivity contribution in [1.29, 1.82) is 0 Å². The summed E-state index contributed by atoms with van der Waals surface area (Å²) in [6.07, 6.45) is 0. The molecule has 0 fully saturated rings. The molecule has 2 aromatic carbocycles. The van der Waals surface area contributed by atoms with E-state index in [1.807, 2.05) is 36.4 Å². The van der Waals surface area contributed by atoms with Crippen LogP contribution in [0.3, 0.4) is 0 Å². The zero-order valence-electron chi connectivity index (χ0n) is 9.41. The summed E-state index contributed by atoms with van der Waals surface area (Å²) in [5.74, 6) is 0.742. The molecule has 0 bridgehead atoms. The molecule has 17 heavy (non-hydrogen) atoms. The van der Waals surface area contributed by atoms with Crippen molar-refractivity contribution in [2.45, 2.75) is 0 Å². The number of anilines is 3. The highest BCUT2D eigenvalue weighted by molar-refractivity contribution is 6.33. The van der Waals surface area contributed by atoms with Crippen molar-refractivity contribution in [1.82, 2.24) is 0 Å². The molecule has 3 nitrogen and oxygen atoms in total. The van der Waals surface area contributed by atoms with Crippen LogP contribution in [0.5, 0.6) is 5.75 Å². The third-order valence-electron chi connectivity index (χ3n) is 2.40. The number of hydrogen-bond donors (Lipinski definition) is 2. The zero-order chi connectivity index (χ0) is 12.3. The van der Waals surface area contributed by atoms with E-state index >= 15 is 0 Å². The predicted octanol–water partition coefficient (Wildman–Crippen LogP) is 3.67. The summed E-state index contributed by atoms with van der Waals surface area (Å²) in [6, 6.07) is 12.9. The van der Waals surface area contributed by atoms with E-state index < -0.39 is 0 Å². The number of halogens is 1. The molecule has 3 N–H and O–H groups in total. The molecule has 88 valence electrons. The van der Waals surface area contributed by atoms with Gasteiger partial charge in [-0.15, -0.1) is 0 Å². The maximum Gasteiger partial charge on any atom is 0.121 e. The van der Waals surface area contributed by atoms with Gasteiger partial charge in [-0.25, -0.2) is 0 Å². The Bertz CT molecular complexity index is 529. The van der Waals surface area contributed by atoms with Crippen LogP contribution in [0.1, 0.15) is 0 Å². The van der Waals surface area contributed by atoms with Crippen molar-refractivity contribution >= 4 is 28.7 Å². The second-order valence-corrected chi connectivity index (χ2v) is 3.97. The number of nitrogens with two attached hydrogens (primary N) is 1. The summed E-state index contributed by atoms with van der Waals surface area (Å²) < 4.78 is 5.15. The van der Waals surface area contributed by atoms with Crippen LogP contribution < -0.4 is 15.8 Å². The van der Waals surface area contributed by atoms with Crippen LogP contribution in [-0.4, -0.2) is 7.11 Å². The van der Waals surface area contributed by atoms with Crippen molar-refractivity contribution in [3.8, 4) is 5.75 Å². The van der Waals surface area contributed by atoms with E-state index in [0.717, 1.165) is 17.1 Å². The fourth-order valence-electron chi connectivity index (χ4n) is 1.48. The molecule has 0 aliphatic heterocycles. The third-order valence-corrected chi connectivity index (χ3v) is 2.73. The van der Waals surface area contributed by atoms with Crippen LogP contribution in [0.2, 0.25) is 5.02 Å². The van der Waals surface area contributed by atoms with Crippen molar-refractivity contribution < 1.29 is 4.74 Å². The van der Waals surface area contributed by atoms with E-state index in [1.165, 1.54) is 0 Å². The fourth-order valence-corrected chi connectivity index (χ4v) is 1.65. The quantitative estimate of drug-likeness (QED) is 0.815. The summed E-state index contributed by atoms with van der Waals surface area (Å²) in [7, 11) is 1.61. The minimum Gasteiger partial charge on any atom is -0.497 e. The lowest BCUT2D eigenvalue weighted by molar-refractivity contribution is 0.415. The minimum atomic E-state index is 0.619. The van der Waals surface area contributed by atoms with Gasteiger partial charge in [-0.2, -0.15) is 0 Å². The fraction of sp³-hybridized carbons (Fsp3) is 0.0769. The molecule has 0 aliphatic rings. The lowest BCUT2D eigenvalue weighted by atomic mass is 10.2. The number of benzene rings is 2. The van der Waals surface area contributed by atoms with E-state index in [4.69, 9.17) is 22.1 Å². The second kappa shape index (κ2) is 4.97. The highest BCUT2D eigenvalue weighted by Gasteiger charge is 2.04. The highest BCUT2D eigenvalue weighted by Crippen LogP contribution is 2.31. The van der Waals surface area contributed by atoms with Crippen LogP contribution in [0.25, 0.3) is 0 Å². The van der Waals surface area contributed by atoms with Crippen molar-refractivity contribution in [2.75, 3.05) is 18.2 Å². The van der Waals surface area contributed by atoms with Gasteiger partial charge >= 0.3 is 0 Å². The maximum absolute atomic E-state index is 6.10. The summed E-state index contributed by atoms with van der Waals surface area (Å²) in [5, 5.41) is 3.80. The number of hydrogen-bond acceptors (Lipinski definition) is 3. The molecule has 0 aliphatic carbocycles. The first kappa shape index (κ1) is 11.6. The molecule has 0 saturated heterocycles. The molecule has 0 amide bonds. The Balaban J connectivity index is 2.32. The number of methoxy groups -OCH3 is 1. The summed E-state index contributed by atoms with van der Waals surface area (Å²) in [4.78, 5) is 0. The summed E-state index contributed by atoms with van der Waals surface area (Å²) in [6.45, 7) is 0. The van der Waals surface area contributed by atoms with Crippen LogP contribution in [0.4, 0.5) is 17.1 Å². The lowest BCUT2D eigenvalue weighted by Gasteiger charge is -2.11. The molecule has 0 spiro atoms.